The molecule has 0 radical (unpaired) electrons. The molecule has 0 bridgehead atoms. The summed E-state index contributed by atoms with van der Waals surface area (Å²) < 4.78 is 0. The molecule has 4 heteroatoms. The van der Waals surface area contributed by atoms with Gasteiger partial charge in [0.25, 0.3) is 0 Å². The fourth-order valence-corrected chi connectivity index (χ4v) is 2.02. The van der Waals surface area contributed by atoms with E-state index < -0.39 is 0 Å². The van der Waals surface area contributed by atoms with Gasteiger partial charge in [-0.25, -0.2) is 0 Å². The smallest absolute Gasteiger partial charge is 0.0267 e. The quantitative estimate of drug-likeness (QED) is 0.188. The second-order valence-corrected chi connectivity index (χ2v) is 6.41. The Morgan fingerprint density at radius 1 is 0.146 bits per heavy atom. The summed E-state index contributed by atoms with van der Waals surface area (Å²) in [7, 11) is 0. The van der Waals surface area contributed by atoms with E-state index in [-0.39, 0.29) is 37.1 Å². The first-order valence-electron chi connectivity index (χ1n) is 11.4. The van der Waals surface area contributed by atoms with Gasteiger partial charge in [-0.15, -0.1) is 0 Å². The fourth-order valence-electron chi connectivity index (χ4n) is 2.02. The predicted molar refractivity (Wildman–Crippen MR) is 183 cm³/mol. The maximum atomic E-state index is 3.78. The summed E-state index contributed by atoms with van der Waals surface area (Å²) in [5.74, 6) is 0. The van der Waals surface area contributed by atoms with Gasteiger partial charge in [-0.2, -0.15) is 0 Å². The van der Waals surface area contributed by atoms with E-state index in [2.05, 4.69) is 19.9 Å². The summed E-state index contributed by atoms with van der Waals surface area (Å²) in [4.78, 5) is 15.1. The lowest BCUT2D eigenvalue weighted by molar-refractivity contribution is 1.33. The number of aromatic nitrogens is 4. The molecular weight excluding hydrogens is 500 g/mol. The second kappa shape index (κ2) is 42.1. The highest BCUT2D eigenvalue weighted by molar-refractivity contribution is 4.99. The molecule has 0 atom stereocenters. The average molecular weight is 553 g/mol. The van der Waals surface area contributed by atoms with Crippen LogP contribution in [0.4, 0.5) is 0 Å². The highest BCUT2D eigenvalue weighted by atomic mass is 14.6. The lowest BCUT2D eigenvalue weighted by Gasteiger charge is -1.70. The van der Waals surface area contributed by atoms with Crippen LogP contribution < -0.4 is 0 Å². The Labute approximate surface area is 251 Å². The summed E-state index contributed by atoms with van der Waals surface area (Å²) in [6.07, 6.45) is 14.0. The molecule has 0 amide bonds. The number of hydrogen-bond acceptors (Lipinski definition) is 4. The van der Waals surface area contributed by atoms with Crippen LogP contribution in [0.5, 0.6) is 0 Å². The Morgan fingerprint density at radius 2 is 0.244 bits per heavy atom. The van der Waals surface area contributed by atoms with Crippen molar-refractivity contribution in [3.63, 3.8) is 0 Å². The molecular formula is C37H52N4. The fraction of sp³-hybridized carbons (Fsp3) is 0.135. The Morgan fingerprint density at radius 3 is 0.293 bits per heavy atom. The third-order valence-electron chi connectivity index (χ3n) is 3.60. The zero-order valence-corrected chi connectivity index (χ0v) is 20.3. The molecule has 41 heavy (non-hydrogen) atoms. The average Bonchev–Trinajstić information content (AvgIpc) is 3.04. The zero-order valence-electron chi connectivity index (χ0n) is 20.3. The minimum Gasteiger partial charge on any atom is -0.265 e. The van der Waals surface area contributed by atoms with E-state index in [4.69, 9.17) is 0 Å². The molecule has 0 aliphatic heterocycles. The van der Waals surface area contributed by atoms with Crippen molar-refractivity contribution in [3.8, 4) is 0 Å². The normalized spacial score (nSPS) is 7.02. The van der Waals surface area contributed by atoms with Crippen LogP contribution in [0, 0.1) is 0 Å². The van der Waals surface area contributed by atoms with Crippen molar-refractivity contribution in [1.82, 2.24) is 19.9 Å². The molecule has 4 nitrogen and oxygen atoms in total. The molecule has 0 aliphatic rings. The number of hydrogen-bond donors (Lipinski definition) is 0. The molecule has 0 unspecified atom stereocenters. The van der Waals surface area contributed by atoms with Gasteiger partial charge in [0, 0.05) is 49.6 Å². The van der Waals surface area contributed by atoms with Crippen molar-refractivity contribution in [1.29, 1.82) is 0 Å². The van der Waals surface area contributed by atoms with Crippen molar-refractivity contribution in [2.75, 3.05) is 0 Å². The number of pyridine rings is 4. The summed E-state index contributed by atoms with van der Waals surface area (Å²) in [6, 6.07) is 46.9. The first-order chi connectivity index (χ1) is 18.0. The van der Waals surface area contributed by atoms with Crippen molar-refractivity contribution in [3.05, 3.63) is 195 Å². The monoisotopic (exact) mass is 552 g/mol. The van der Waals surface area contributed by atoms with E-state index in [0.717, 1.165) is 0 Å². The van der Waals surface area contributed by atoms with Crippen molar-refractivity contribution in [2.24, 2.45) is 0 Å². The number of benzene rings is 2. The van der Waals surface area contributed by atoms with Gasteiger partial charge >= 0.3 is 0 Å². The summed E-state index contributed by atoms with van der Waals surface area (Å²) >= 11 is 0. The first kappa shape index (κ1) is 45.9. The molecule has 0 spiro atoms. The van der Waals surface area contributed by atoms with Gasteiger partial charge in [0.1, 0.15) is 0 Å². The van der Waals surface area contributed by atoms with Crippen LogP contribution in [0.2, 0.25) is 0 Å². The molecule has 4 aromatic heterocycles. The third kappa shape index (κ3) is 39.7. The predicted octanol–water partition coefficient (Wildman–Crippen LogP) is 10.9. The molecule has 0 saturated carbocycles. The van der Waals surface area contributed by atoms with Gasteiger partial charge in [0.05, 0.1) is 0 Å². The van der Waals surface area contributed by atoms with E-state index in [1.165, 1.54) is 0 Å². The minimum atomic E-state index is 0. The van der Waals surface area contributed by atoms with Gasteiger partial charge in [-0.3, -0.25) is 19.9 Å². The Balaban J connectivity index is -0.000000123. The number of nitrogens with zero attached hydrogens (tertiary/aromatic N) is 4. The Bertz CT molecular complexity index is 695. The molecule has 0 aliphatic carbocycles. The summed E-state index contributed by atoms with van der Waals surface area (Å²) in [5, 5.41) is 0. The topological polar surface area (TPSA) is 51.6 Å². The van der Waals surface area contributed by atoms with Gasteiger partial charge in [0.15, 0.2) is 0 Å². The van der Waals surface area contributed by atoms with Crippen molar-refractivity contribution < 1.29 is 0 Å². The van der Waals surface area contributed by atoms with Crippen molar-refractivity contribution in [2.45, 2.75) is 37.1 Å². The van der Waals surface area contributed by atoms with E-state index in [0.29, 0.717) is 0 Å². The van der Waals surface area contributed by atoms with Crippen LogP contribution >= 0.6 is 0 Å². The van der Waals surface area contributed by atoms with Crippen LogP contribution in [0.25, 0.3) is 0 Å². The standard InChI is InChI=1S/2C6H6.4C5H5N.5CH4/c6*1-2-4-6-5-3-1;;;;;/h2*1-6H;4*1-5H;5*1H4. The van der Waals surface area contributed by atoms with Crippen LogP contribution in [-0.4, -0.2) is 19.9 Å². The van der Waals surface area contributed by atoms with Gasteiger partial charge < -0.3 is 0 Å². The van der Waals surface area contributed by atoms with Crippen LogP contribution in [0.15, 0.2) is 195 Å². The Hall–Kier alpha value is -4.96. The first-order valence-corrected chi connectivity index (χ1v) is 11.4. The lowest BCUT2D eigenvalue weighted by Crippen LogP contribution is -1.58. The van der Waals surface area contributed by atoms with Crippen molar-refractivity contribution >= 4 is 0 Å². The SMILES string of the molecule is C.C.C.C.C.c1ccccc1.c1ccccc1.c1ccncc1.c1ccncc1.c1ccncc1.c1ccncc1. The second-order valence-electron chi connectivity index (χ2n) is 6.41. The van der Waals surface area contributed by atoms with Gasteiger partial charge in [0.2, 0.25) is 0 Å². The molecule has 6 rings (SSSR count). The van der Waals surface area contributed by atoms with E-state index >= 15 is 0 Å². The maximum absolute atomic E-state index is 3.78. The zero-order chi connectivity index (χ0) is 25.5. The molecule has 0 saturated heterocycles. The summed E-state index contributed by atoms with van der Waals surface area (Å²) in [5.41, 5.74) is 0. The molecule has 6 aromatic rings. The lowest BCUT2D eigenvalue weighted by atomic mass is 10.4. The maximum Gasteiger partial charge on any atom is 0.0267 e. The molecule has 4 heterocycles. The van der Waals surface area contributed by atoms with Crippen LogP contribution in [0.1, 0.15) is 37.1 Å². The largest absolute Gasteiger partial charge is 0.265 e. The molecule has 2 aromatic carbocycles. The van der Waals surface area contributed by atoms with Gasteiger partial charge in [-0.05, 0) is 48.5 Å². The van der Waals surface area contributed by atoms with Crippen LogP contribution in [0.3, 0.4) is 0 Å². The number of rotatable bonds is 0. The van der Waals surface area contributed by atoms with Crippen LogP contribution in [-0.2, 0) is 0 Å². The van der Waals surface area contributed by atoms with E-state index in [1.807, 2.05) is 146 Å². The van der Waals surface area contributed by atoms with Gasteiger partial charge in [-0.1, -0.05) is 134 Å². The molecule has 0 fully saturated rings. The minimum absolute atomic E-state index is 0. The van der Waals surface area contributed by atoms with E-state index in [9.17, 15) is 0 Å². The molecule has 220 valence electrons. The molecule has 0 N–H and O–H groups in total. The Kier molecular flexibility index (Phi) is 47.2. The highest BCUT2D eigenvalue weighted by Crippen LogP contribution is 1.81. The summed E-state index contributed by atoms with van der Waals surface area (Å²) in [6.45, 7) is 0. The third-order valence-corrected chi connectivity index (χ3v) is 3.60. The highest BCUT2D eigenvalue weighted by Gasteiger charge is 1.61. The van der Waals surface area contributed by atoms with E-state index in [1.54, 1.807) is 49.6 Å².